The van der Waals surface area contributed by atoms with E-state index in [0.717, 1.165) is 18.4 Å². The lowest BCUT2D eigenvalue weighted by Crippen LogP contribution is -2.34. The number of nitrogens with zero attached hydrogens (tertiary/aromatic N) is 1. The van der Waals surface area contributed by atoms with Crippen molar-refractivity contribution in [3.63, 3.8) is 0 Å². The van der Waals surface area contributed by atoms with Crippen molar-refractivity contribution in [3.05, 3.63) is 59.2 Å². The molecule has 1 fully saturated rings. The maximum Gasteiger partial charge on any atom is 0.338 e. The number of amides is 1. The summed E-state index contributed by atoms with van der Waals surface area (Å²) in [6, 6.07) is 11.8. The van der Waals surface area contributed by atoms with E-state index in [1.807, 2.05) is 18.2 Å². The fraction of sp³-hybridized carbons (Fsp3) is 0.364. The van der Waals surface area contributed by atoms with Crippen molar-refractivity contribution >= 4 is 11.9 Å². The van der Waals surface area contributed by atoms with Gasteiger partial charge in [-0.1, -0.05) is 12.1 Å². The van der Waals surface area contributed by atoms with Crippen molar-refractivity contribution < 1.29 is 28.9 Å². The molecular formula is C22H25NO6. The molecule has 0 unspecified atom stereocenters. The van der Waals surface area contributed by atoms with Gasteiger partial charge in [0, 0.05) is 12.1 Å². The number of carbonyl (C=O) groups excluding carboxylic acids is 2. The van der Waals surface area contributed by atoms with Crippen LogP contribution in [0.2, 0.25) is 0 Å². The minimum atomic E-state index is -0.572. The van der Waals surface area contributed by atoms with Crippen LogP contribution in [0.3, 0.4) is 0 Å². The molecule has 0 aromatic heterocycles. The predicted octanol–water partition coefficient (Wildman–Crippen LogP) is 2.72. The molecule has 0 bridgehead atoms. The van der Waals surface area contributed by atoms with Crippen molar-refractivity contribution in [3.8, 4) is 11.5 Å². The monoisotopic (exact) mass is 399 g/mol. The normalized spacial score (nSPS) is 15.8. The molecule has 7 nitrogen and oxygen atoms in total. The summed E-state index contributed by atoms with van der Waals surface area (Å²) in [5.41, 5.74) is 1.91. The zero-order valence-electron chi connectivity index (χ0n) is 16.6. The summed E-state index contributed by atoms with van der Waals surface area (Å²) in [6.45, 7) is 0.161. The molecule has 0 spiro atoms. The molecule has 0 radical (unpaired) electrons. The molecule has 1 aliphatic heterocycles. The molecule has 2 aromatic carbocycles. The minimum Gasteiger partial charge on any atom is -0.497 e. The van der Waals surface area contributed by atoms with Crippen LogP contribution in [0.1, 0.15) is 40.4 Å². The second kappa shape index (κ2) is 9.43. The van der Waals surface area contributed by atoms with E-state index in [0.29, 0.717) is 29.2 Å². The van der Waals surface area contributed by atoms with Crippen LogP contribution in [-0.4, -0.2) is 49.3 Å². The Morgan fingerprint density at radius 1 is 1.10 bits per heavy atom. The van der Waals surface area contributed by atoms with Gasteiger partial charge in [0.1, 0.15) is 11.5 Å². The highest BCUT2D eigenvalue weighted by molar-refractivity contribution is 5.91. The topological polar surface area (TPSA) is 85.3 Å². The number of aliphatic hydroxyl groups excluding tert-OH is 1. The van der Waals surface area contributed by atoms with Crippen LogP contribution < -0.4 is 9.47 Å². The van der Waals surface area contributed by atoms with Gasteiger partial charge >= 0.3 is 5.97 Å². The van der Waals surface area contributed by atoms with Gasteiger partial charge in [-0.25, -0.2) is 4.79 Å². The van der Waals surface area contributed by atoms with Gasteiger partial charge in [0.25, 0.3) is 5.91 Å². The van der Waals surface area contributed by atoms with Crippen LogP contribution in [0.5, 0.6) is 11.5 Å². The number of aliphatic hydroxyl groups is 1. The third-order valence-electron chi connectivity index (χ3n) is 5.07. The number of hydrogen-bond acceptors (Lipinski definition) is 6. The first kappa shape index (κ1) is 20.7. The Morgan fingerprint density at radius 2 is 1.86 bits per heavy atom. The minimum absolute atomic E-state index is 0.0993. The molecule has 29 heavy (non-hydrogen) atoms. The number of benzene rings is 2. The first-order valence-electron chi connectivity index (χ1n) is 9.45. The summed E-state index contributed by atoms with van der Waals surface area (Å²) in [4.78, 5) is 26.7. The maximum absolute atomic E-state index is 12.8. The number of esters is 1. The molecule has 1 aliphatic rings. The van der Waals surface area contributed by atoms with Crippen molar-refractivity contribution in [1.82, 2.24) is 4.90 Å². The lowest BCUT2D eigenvalue weighted by atomic mass is 10.0. The maximum atomic E-state index is 12.8. The van der Waals surface area contributed by atoms with Gasteiger partial charge < -0.3 is 24.2 Å². The van der Waals surface area contributed by atoms with Crippen LogP contribution in [0.4, 0.5) is 0 Å². The Bertz CT molecular complexity index is 864. The van der Waals surface area contributed by atoms with Crippen LogP contribution in [0, 0.1) is 0 Å². The van der Waals surface area contributed by atoms with E-state index in [1.165, 1.54) is 0 Å². The molecule has 0 saturated carbocycles. The van der Waals surface area contributed by atoms with Crippen LogP contribution in [-0.2, 0) is 16.1 Å². The Hall–Kier alpha value is -3.06. The number of methoxy groups -OCH3 is 2. The lowest BCUT2D eigenvalue weighted by Gasteiger charge is -2.26. The fourth-order valence-electron chi connectivity index (χ4n) is 3.53. The van der Waals surface area contributed by atoms with E-state index in [1.54, 1.807) is 43.4 Å². The lowest BCUT2D eigenvalue weighted by molar-refractivity contribution is -0.135. The Morgan fingerprint density at radius 3 is 2.52 bits per heavy atom. The Labute approximate surface area is 169 Å². The first-order chi connectivity index (χ1) is 14.1. The van der Waals surface area contributed by atoms with Gasteiger partial charge in [0.05, 0.1) is 32.4 Å². The molecule has 154 valence electrons. The van der Waals surface area contributed by atoms with Crippen LogP contribution in [0.15, 0.2) is 42.5 Å². The SMILES string of the molecule is COc1ccc(OC)c([C@H]2CCCN2C(=O)COC(=O)c2ccc(CO)cc2)c1. The first-order valence-corrected chi connectivity index (χ1v) is 9.45. The summed E-state index contributed by atoms with van der Waals surface area (Å²) >= 11 is 0. The number of likely N-dealkylation sites (tertiary alicyclic amines) is 1. The third-order valence-corrected chi connectivity index (χ3v) is 5.07. The van der Waals surface area contributed by atoms with Crippen molar-refractivity contribution in [2.24, 2.45) is 0 Å². The standard InChI is InChI=1S/C22H25NO6/c1-27-17-9-10-20(28-2)18(12-17)19-4-3-11-23(19)21(25)14-29-22(26)16-7-5-15(13-24)6-8-16/h5-10,12,19,24H,3-4,11,13-14H2,1-2H3/t19-/m1/s1. The Balaban J connectivity index is 1.68. The highest BCUT2D eigenvalue weighted by Crippen LogP contribution is 2.38. The molecule has 1 heterocycles. The summed E-state index contributed by atoms with van der Waals surface area (Å²) in [5.74, 6) is 0.560. The van der Waals surface area contributed by atoms with E-state index < -0.39 is 5.97 Å². The van der Waals surface area contributed by atoms with Crippen LogP contribution in [0.25, 0.3) is 0 Å². The quantitative estimate of drug-likeness (QED) is 0.721. The van der Waals surface area contributed by atoms with E-state index in [9.17, 15) is 9.59 Å². The average Bonchev–Trinajstić information content (AvgIpc) is 3.26. The average molecular weight is 399 g/mol. The molecule has 2 aromatic rings. The molecular weight excluding hydrogens is 374 g/mol. The molecule has 1 saturated heterocycles. The van der Waals surface area contributed by atoms with E-state index in [-0.39, 0.29) is 25.2 Å². The largest absolute Gasteiger partial charge is 0.497 e. The number of hydrogen-bond donors (Lipinski definition) is 1. The van der Waals surface area contributed by atoms with Gasteiger partial charge in [0.2, 0.25) is 0 Å². The number of ether oxygens (including phenoxy) is 3. The Kier molecular flexibility index (Phi) is 6.72. The van der Waals surface area contributed by atoms with Gasteiger partial charge in [-0.3, -0.25) is 4.79 Å². The zero-order chi connectivity index (χ0) is 20.8. The smallest absolute Gasteiger partial charge is 0.338 e. The second-order valence-electron chi connectivity index (χ2n) is 6.78. The molecule has 1 N–H and O–H groups in total. The number of carbonyl (C=O) groups is 2. The number of rotatable bonds is 7. The van der Waals surface area contributed by atoms with E-state index >= 15 is 0 Å². The van der Waals surface area contributed by atoms with Crippen molar-refractivity contribution in [2.75, 3.05) is 27.4 Å². The van der Waals surface area contributed by atoms with Gasteiger partial charge in [-0.05, 0) is 48.7 Å². The summed E-state index contributed by atoms with van der Waals surface area (Å²) in [6.07, 6.45) is 1.65. The predicted molar refractivity (Wildman–Crippen MR) is 106 cm³/mol. The summed E-state index contributed by atoms with van der Waals surface area (Å²) < 4.78 is 16.0. The summed E-state index contributed by atoms with van der Waals surface area (Å²) in [7, 11) is 3.19. The van der Waals surface area contributed by atoms with Gasteiger partial charge in [-0.2, -0.15) is 0 Å². The van der Waals surface area contributed by atoms with Gasteiger partial charge in [0.15, 0.2) is 6.61 Å². The van der Waals surface area contributed by atoms with E-state index in [4.69, 9.17) is 19.3 Å². The molecule has 1 amide bonds. The van der Waals surface area contributed by atoms with Crippen LogP contribution >= 0.6 is 0 Å². The second-order valence-corrected chi connectivity index (χ2v) is 6.78. The van der Waals surface area contributed by atoms with Crippen molar-refractivity contribution in [1.29, 1.82) is 0 Å². The highest BCUT2D eigenvalue weighted by atomic mass is 16.5. The molecule has 7 heteroatoms. The molecule has 1 atom stereocenters. The molecule has 0 aliphatic carbocycles. The molecule has 3 rings (SSSR count). The van der Waals surface area contributed by atoms with E-state index in [2.05, 4.69) is 0 Å². The zero-order valence-corrected chi connectivity index (χ0v) is 16.6. The fourth-order valence-corrected chi connectivity index (χ4v) is 3.53. The van der Waals surface area contributed by atoms with Crippen molar-refractivity contribution in [2.45, 2.75) is 25.5 Å². The van der Waals surface area contributed by atoms with Gasteiger partial charge in [-0.15, -0.1) is 0 Å². The summed E-state index contributed by atoms with van der Waals surface area (Å²) in [5, 5.41) is 9.07. The third kappa shape index (κ3) is 4.68. The highest BCUT2D eigenvalue weighted by Gasteiger charge is 2.32.